The number of hydrogen-bond acceptors (Lipinski definition) is 8. The molecule has 0 aliphatic carbocycles. The number of aromatic nitrogens is 4. The van der Waals surface area contributed by atoms with Crippen molar-refractivity contribution in [3.63, 3.8) is 0 Å². The van der Waals surface area contributed by atoms with Crippen LogP contribution < -0.4 is 16.6 Å². The molecule has 0 bridgehead atoms. The number of nitrogens with zero attached hydrogens (tertiary/aromatic N) is 4. The van der Waals surface area contributed by atoms with E-state index in [0.29, 0.717) is 17.8 Å². The lowest BCUT2D eigenvalue weighted by molar-refractivity contribution is -0.116. The number of H-pyrrole nitrogens is 1. The van der Waals surface area contributed by atoms with E-state index in [0.717, 1.165) is 0 Å². The number of amides is 1. The second-order valence-corrected chi connectivity index (χ2v) is 7.10. The molecule has 11 heteroatoms. The van der Waals surface area contributed by atoms with Gasteiger partial charge in [0.05, 0.1) is 11.9 Å². The standard InChI is InChI=1S/C19H23N7O4/c1-11(8-25(2)3)30-18(29)12-4-6-13(7-5-12)22-14(27)9-26-10-21-15-16(26)23-19(20)24-17(15)28/h4-7,10-11H,8-9H2,1-3H3,(H,22,27)(H3,20,23,24,28). The first-order chi connectivity index (χ1) is 14.2. The molecule has 0 radical (unpaired) electrons. The fraction of sp³-hybridized carbons (Fsp3) is 0.316. The molecule has 1 amide bonds. The number of nitrogens with two attached hydrogens (primary N) is 1. The highest BCUT2D eigenvalue weighted by atomic mass is 16.5. The van der Waals surface area contributed by atoms with Gasteiger partial charge in [-0.3, -0.25) is 14.6 Å². The van der Waals surface area contributed by atoms with E-state index >= 15 is 0 Å². The molecule has 2 heterocycles. The molecule has 0 fully saturated rings. The van der Waals surface area contributed by atoms with Crippen molar-refractivity contribution < 1.29 is 14.3 Å². The highest BCUT2D eigenvalue weighted by Crippen LogP contribution is 2.13. The molecule has 0 saturated carbocycles. The number of benzene rings is 1. The van der Waals surface area contributed by atoms with Crippen molar-refractivity contribution in [1.29, 1.82) is 0 Å². The molecule has 1 unspecified atom stereocenters. The van der Waals surface area contributed by atoms with Crippen LogP contribution in [0.25, 0.3) is 11.2 Å². The molecule has 0 aliphatic heterocycles. The lowest BCUT2D eigenvalue weighted by Crippen LogP contribution is -2.28. The summed E-state index contributed by atoms with van der Waals surface area (Å²) in [6, 6.07) is 6.37. The Morgan fingerprint density at radius 1 is 1.30 bits per heavy atom. The monoisotopic (exact) mass is 413 g/mol. The quantitative estimate of drug-likeness (QED) is 0.473. The van der Waals surface area contributed by atoms with E-state index in [9.17, 15) is 14.4 Å². The molecular formula is C19H23N7O4. The molecule has 3 aromatic rings. The van der Waals surface area contributed by atoms with Crippen LogP contribution >= 0.6 is 0 Å². The Morgan fingerprint density at radius 3 is 2.67 bits per heavy atom. The predicted octanol–water partition coefficient (Wildman–Crippen LogP) is 0.447. The normalized spacial score (nSPS) is 12.1. The molecule has 2 aromatic heterocycles. The summed E-state index contributed by atoms with van der Waals surface area (Å²) in [6.45, 7) is 2.33. The maximum absolute atomic E-state index is 12.4. The van der Waals surface area contributed by atoms with Gasteiger partial charge in [0.25, 0.3) is 5.56 Å². The van der Waals surface area contributed by atoms with Gasteiger partial charge in [-0.15, -0.1) is 0 Å². The van der Waals surface area contributed by atoms with Crippen LogP contribution in [0.2, 0.25) is 0 Å². The number of anilines is 2. The Kier molecular flexibility index (Phi) is 6.11. The number of nitrogens with one attached hydrogen (secondary N) is 2. The predicted molar refractivity (Wildman–Crippen MR) is 111 cm³/mol. The number of aromatic amines is 1. The van der Waals surface area contributed by atoms with Gasteiger partial charge >= 0.3 is 5.97 Å². The SMILES string of the molecule is CC(CN(C)C)OC(=O)c1ccc(NC(=O)Cn2cnc3c(=O)[nH]c(N)nc32)cc1. The van der Waals surface area contributed by atoms with E-state index in [1.165, 1.54) is 10.9 Å². The molecule has 1 aromatic carbocycles. The summed E-state index contributed by atoms with van der Waals surface area (Å²) in [5.74, 6) is -0.845. The highest BCUT2D eigenvalue weighted by molar-refractivity contribution is 5.93. The number of carbonyl (C=O) groups is 2. The maximum Gasteiger partial charge on any atom is 0.338 e. The lowest BCUT2D eigenvalue weighted by Gasteiger charge is -2.17. The number of hydrogen-bond donors (Lipinski definition) is 3. The molecular weight excluding hydrogens is 390 g/mol. The Hall–Kier alpha value is -3.73. The van der Waals surface area contributed by atoms with E-state index in [1.54, 1.807) is 24.3 Å². The fourth-order valence-corrected chi connectivity index (χ4v) is 2.93. The van der Waals surface area contributed by atoms with Crippen LogP contribution in [0.1, 0.15) is 17.3 Å². The van der Waals surface area contributed by atoms with Crippen LogP contribution in [-0.2, 0) is 16.1 Å². The van der Waals surface area contributed by atoms with Crippen LogP contribution in [0.5, 0.6) is 0 Å². The van der Waals surface area contributed by atoms with E-state index in [1.807, 2.05) is 25.9 Å². The molecule has 1 atom stereocenters. The highest BCUT2D eigenvalue weighted by Gasteiger charge is 2.14. The average molecular weight is 413 g/mol. The van der Waals surface area contributed by atoms with E-state index < -0.39 is 11.5 Å². The Morgan fingerprint density at radius 2 is 2.00 bits per heavy atom. The summed E-state index contributed by atoms with van der Waals surface area (Å²) >= 11 is 0. The second-order valence-electron chi connectivity index (χ2n) is 7.10. The van der Waals surface area contributed by atoms with Crippen molar-refractivity contribution in [3.8, 4) is 0 Å². The summed E-state index contributed by atoms with van der Waals surface area (Å²) in [7, 11) is 3.80. The maximum atomic E-state index is 12.4. The van der Waals surface area contributed by atoms with Gasteiger partial charge in [0.2, 0.25) is 11.9 Å². The number of ether oxygens (including phenoxy) is 1. The first-order valence-corrected chi connectivity index (χ1v) is 9.19. The number of esters is 1. The van der Waals surface area contributed by atoms with Crippen LogP contribution in [0.3, 0.4) is 0 Å². The first kappa shape index (κ1) is 21.0. The largest absolute Gasteiger partial charge is 0.458 e. The first-order valence-electron chi connectivity index (χ1n) is 9.19. The Balaban J connectivity index is 1.62. The average Bonchev–Trinajstić information content (AvgIpc) is 3.04. The zero-order chi connectivity index (χ0) is 21.8. The third kappa shape index (κ3) is 5.00. The smallest absolute Gasteiger partial charge is 0.338 e. The van der Waals surface area contributed by atoms with Gasteiger partial charge < -0.3 is 25.3 Å². The number of likely N-dealkylation sites (N-methyl/N-ethyl adjacent to an activating group) is 1. The van der Waals surface area contributed by atoms with Crippen molar-refractivity contribution in [2.45, 2.75) is 19.6 Å². The summed E-state index contributed by atoms with van der Waals surface area (Å²) in [5.41, 5.74) is 6.29. The van der Waals surface area contributed by atoms with Crippen molar-refractivity contribution in [2.75, 3.05) is 31.7 Å². The van der Waals surface area contributed by atoms with E-state index in [2.05, 4.69) is 20.3 Å². The van der Waals surface area contributed by atoms with Crippen LogP contribution in [-0.4, -0.2) is 63.0 Å². The molecule has 3 rings (SSSR count). The zero-order valence-electron chi connectivity index (χ0n) is 16.9. The molecule has 11 nitrogen and oxygen atoms in total. The van der Waals surface area contributed by atoms with Crippen molar-refractivity contribution >= 4 is 34.7 Å². The topological polar surface area (TPSA) is 148 Å². The van der Waals surface area contributed by atoms with Crippen LogP contribution in [0.4, 0.5) is 11.6 Å². The van der Waals surface area contributed by atoms with E-state index in [4.69, 9.17) is 10.5 Å². The molecule has 0 saturated heterocycles. The third-order valence-corrected chi connectivity index (χ3v) is 4.14. The second kappa shape index (κ2) is 8.74. The van der Waals surface area contributed by atoms with Crippen molar-refractivity contribution in [3.05, 3.63) is 46.5 Å². The van der Waals surface area contributed by atoms with Gasteiger partial charge in [-0.05, 0) is 45.3 Å². The van der Waals surface area contributed by atoms with Gasteiger partial charge in [-0.2, -0.15) is 4.98 Å². The van der Waals surface area contributed by atoms with Gasteiger partial charge in [0.15, 0.2) is 11.2 Å². The summed E-state index contributed by atoms with van der Waals surface area (Å²) in [4.78, 5) is 48.6. The van der Waals surface area contributed by atoms with Crippen LogP contribution in [0.15, 0.2) is 35.4 Å². The lowest BCUT2D eigenvalue weighted by atomic mass is 10.2. The zero-order valence-corrected chi connectivity index (χ0v) is 16.9. The minimum absolute atomic E-state index is 0.0583. The van der Waals surface area contributed by atoms with Crippen LogP contribution in [0, 0.1) is 0 Å². The van der Waals surface area contributed by atoms with E-state index in [-0.39, 0.29) is 35.7 Å². The summed E-state index contributed by atoms with van der Waals surface area (Å²) in [5, 5.41) is 2.72. The molecule has 30 heavy (non-hydrogen) atoms. The summed E-state index contributed by atoms with van der Waals surface area (Å²) in [6.07, 6.45) is 1.10. The Labute approximate surface area is 171 Å². The van der Waals surface area contributed by atoms with Gasteiger partial charge in [-0.1, -0.05) is 0 Å². The van der Waals surface area contributed by atoms with Gasteiger partial charge in [0, 0.05) is 12.2 Å². The number of fused-ring (bicyclic) bond motifs is 1. The molecule has 4 N–H and O–H groups in total. The molecule has 0 aliphatic rings. The molecule has 0 spiro atoms. The van der Waals surface area contributed by atoms with Crippen molar-refractivity contribution in [1.82, 2.24) is 24.4 Å². The van der Waals surface area contributed by atoms with Crippen molar-refractivity contribution in [2.24, 2.45) is 0 Å². The number of rotatable bonds is 7. The van der Waals surface area contributed by atoms with Gasteiger partial charge in [-0.25, -0.2) is 9.78 Å². The fourth-order valence-electron chi connectivity index (χ4n) is 2.93. The Bertz CT molecular complexity index is 1120. The minimum Gasteiger partial charge on any atom is -0.458 e. The molecule has 158 valence electrons. The minimum atomic E-state index is -0.473. The number of carbonyl (C=O) groups excluding carboxylic acids is 2. The number of imidazole rings is 1. The van der Waals surface area contributed by atoms with Gasteiger partial charge in [0.1, 0.15) is 12.6 Å². The number of nitrogen functional groups attached to an aromatic ring is 1. The summed E-state index contributed by atoms with van der Waals surface area (Å²) < 4.78 is 6.80. The third-order valence-electron chi connectivity index (χ3n) is 4.14.